The van der Waals surface area contributed by atoms with Crippen LogP contribution >= 0.6 is 11.3 Å². The van der Waals surface area contributed by atoms with Crippen LogP contribution in [0.15, 0.2) is 48.5 Å². The van der Waals surface area contributed by atoms with Gasteiger partial charge in [-0.15, -0.1) is 11.3 Å². The number of ether oxygens (including phenoxy) is 3. The second kappa shape index (κ2) is 9.25. The normalized spacial score (nSPS) is 10.7. The van der Waals surface area contributed by atoms with E-state index in [4.69, 9.17) is 14.2 Å². The van der Waals surface area contributed by atoms with Crippen LogP contribution in [0.2, 0.25) is 0 Å². The third-order valence-corrected chi connectivity index (χ3v) is 4.65. The number of benzene rings is 2. The van der Waals surface area contributed by atoms with Gasteiger partial charge in [-0.1, -0.05) is 12.1 Å². The molecule has 1 heterocycles. The van der Waals surface area contributed by atoms with Crippen molar-refractivity contribution < 1.29 is 23.8 Å². The molecule has 0 bridgehead atoms. The number of para-hydroxylation sites is 1. The molecule has 0 saturated heterocycles. The lowest BCUT2D eigenvalue weighted by Gasteiger charge is -2.06. The van der Waals surface area contributed by atoms with Crippen molar-refractivity contribution in [3.05, 3.63) is 59.1 Å². The number of thiazole rings is 1. The molecule has 0 aliphatic carbocycles. The summed E-state index contributed by atoms with van der Waals surface area (Å²) in [5.74, 6) is -0.178. The molecule has 0 saturated carbocycles. The van der Waals surface area contributed by atoms with Crippen molar-refractivity contribution in [1.82, 2.24) is 4.98 Å². The van der Waals surface area contributed by atoms with Crippen LogP contribution in [0.25, 0.3) is 10.2 Å². The highest BCUT2D eigenvalue weighted by Gasteiger charge is 2.11. The molecule has 0 spiro atoms. The second-order valence-corrected chi connectivity index (χ2v) is 6.72. The zero-order valence-corrected chi connectivity index (χ0v) is 15.7. The lowest BCUT2D eigenvalue weighted by Crippen LogP contribution is -2.18. The Kier molecular flexibility index (Phi) is 6.51. The summed E-state index contributed by atoms with van der Waals surface area (Å²) in [6.07, 6.45) is 0. The molecule has 2 aromatic carbocycles. The lowest BCUT2D eigenvalue weighted by molar-refractivity contribution is -0.148. The number of fused-ring (bicyclic) bond motifs is 1. The van der Waals surface area contributed by atoms with Gasteiger partial charge in [0, 0.05) is 5.56 Å². The Bertz CT molecular complexity index is 887. The molecule has 1 aromatic heterocycles. The average Bonchev–Trinajstić information content (AvgIpc) is 3.10. The van der Waals surface area contributed by atoms with Crippen LogP contribution in [0.3, 0.4) is 0 Å². The first-order valence-electron chi connectivity index (χ1n) is 8.49. The van der Waals surface area contributed by atoms with Gasteiger partial charge in [0.25, 0.3) is 0 Å². The van der Waals surface area contributed by atoms with Gasteiger partial charge in [0.1, 0.15) is 17.4 Å². The molecule has 0 atom stereocenters. The number of rotatable bonds is 9. The minimum Gasteiger partial charge on any atom is -0.494 e. The highest BCUT2D eigenvalue weighted by molar-refractivity contribution is 7.18. The van der Waals surface area contributed by atoms with Gasteiger partial charge in [-0.25, -0.2) is 9.78 Å². The fourth-order valence-corrected chi connectivity index (χ4v) is 3.28. The molecular weight excluding hydrogens is 366 g/mol. The van der Waals surface area contributed by atoms with Gasteiger partial charge in [0.2, 0.25) is 0 Å². The summed E-state index contributed by atoms with van der Waals surface area (Å²) < 4.78 is 16.7. The summed E-state index contributed by atoms with van der Waals surface area (Å²) in [5, 5.41) is 0.787. The first kappa shape index (κ1) is 19.0. The van der Waals surface area contributed by atoms with Crippen LogP contribution in [-0.2, 0) is 20.9 Å². The maximum absolute atomic E-state index is 12.0. The van der Waals surface area contributed by atoms with E-state index in [0.29, 0.717) is 17.9 Å². The van der Waals surface area contributed by atoms with E-state index in [1.165, 1.54) is 11.3 Å². The zero-order valence-electron chi connectivity index (χ0n) is 14.8. The van der Waals surface area contributed by atoms with Crippen LogP contribution in [0.5, 0.6) is 5.75 Å². The molecule has 3 aromatic rings. The predicted molar refractivity (Wildman–Crippen MR) is 102 cm³/mol. The topological polar surface area (TPSA) is 74.7 Å². The molecule has 6 nitrogen and oxygen atoms in total. The molecule has 140 valence electrons. The van der Waals surface area contributed by atoms with Gasteiger partial charge in [-0.2, -0.15) is 0 Å². The van der Waals surface area contributed by atoms with Crippen LogP contribution in [0.1, 0.15) is 22.3 Å². The second-order valence-electron chi connectivity index (χ2n) is 5.61. The summed E-state index contributed by atoms with van der Waals surface area (Å²) in [5.41, 5.74) is 1.37. The minimum absolute atomic E-state index is 0.223. The Morgan fingerprint density at radius 1 is 1.04 bits per heavy atom. The summed E-state index contributed by atoms with van der Waals surface area (Å²) in [6, 6.07) is 14.5. The summed E-state index contributed by atoms with van der Waals surface area (Å²) >= 11 is 1.52. The lowest BCUT2D eigenvalue weighted by atomic mass is 10.1. The Balaban J connectivity index is 1.40. The molecule has 0 amide bonds. The van der Waals surface area contributed by atoms with Crippen molar-refractivity contribution in [1.29, 1.82) is 0 Å². The number of hydrogen-bond donors (Lipinski definition) is 0. The van der Waals surface area contributed by atoms with E-state index in [9.17, 15) is 9.59 Å². The number of carbonyl (C=O) groups is 2. The van der Waals surface area contributed by atoms with E-state index < -0.39 is 5.97 Å². The Morgan fingerprint density at radius 2 is 1.81 bits per heavy atom. The number of nitrogens with zero attached hydrogens (tertiary/aromatic N) is 1. The summed E-state index contributed by atoms with van der Waals surface area (Å²) in [4.78, 5) is 28.2. The van der Waals surface area contributed by atoms with Crippen molar-refractivity contribution >= 4 is 33.3 Å². The predicted octanol–water partition coefficient (Wildman–Crippen LogP) is 3.64. The van der Waals surface area contributed by atoms with Crippen LogP contribution in [0.4, 0.5) is 0 Å². The fraction of sp³-hybridized carbons (Fsp3) is 0.250. The Hall–Kier alpha value is -2.77. The SMILES string of the molecule is CCOc1ccc(C(=O)COC(=O)COCc2nc3ccccc3s2)cc1. The third-order valence-electron chi connectivity index (χ3n) is 3.64. The van der Waals surface area contributed by atoms with Gasteiger partial charge < -0.3 is 14.2 Å². The molecule has 3 rings (SSSR count). The van der Waals surface area contributed by atoms with Crippen molar-refractivity contribution in [3.8, 4) is 5.75 Å². The number of carbonyl (C=O) groups excluding carboxylic acids is 2. The molecule has 0 unspecified atom stereocenters. The molecule has 27 heavy (non-hydrogen) atoms. The number of Topliss-reactive ketones (excluding diaryl/α,β-unsaturated/α-hetero) is 1. The molecule has 0 N–H and O–H groups in total. The molecule has 0 aliphatic heterocycles. The number of aromatic nitrogens is 1. The van der Waals surface area contributed by atoms with Gasteiger partial charge >= 0.3 is 5.97 Å². The average molecular weight is 385 g/mol. The Labute approximate surface area is 160 Å². The number of ketones is 1. The standard InChI is InChI=1S/C20H19NO5S/c1-2-25-15-9-7-14(8-10-15)17(22)11-26-20(23)13-24-12-19-21-16-5-3-4-6-18(16)27-19/h3-10H,2,11-13H2,1H3. The van der Waals surface area contributed by atoms with Crippen molar-refractivity contribution in [2.45, 2.75) is 13.5 Å². The van der Waals surface area contributed by atoms with Crippen LogP contribution in [0, 0.1) is 0 Å². The van der Waals surface area contributed by atoms with E-state index >= 15 is 0 Å². The molecule has 0 aliphatic rings. The molecule has 7 heteroatoms. The summed E-state index contributed by atoms with van der Waals surface area (Å²) in [6.45, 7) is 2.12. The summed E-state index contributed by atoms with van der Waals surface area (Å²) in [7, 11) is 0. The first-order chi connectivity index (χ1) is 13.2. The fourth-order valence-electron chi connectivity index (χ4n) is 2.38. The van der Waals surface area contributed by atoms with Crippen LogP contribution in [-0.4, -0.2) is 36.6 Å². The maximum Gasteiger partial charge on any atom is 0.332 e. The highest BCUT2D eigenvalue weighted by Crippen LogP contribution is 2.21. The van der Waals surface area contributed by atoms with Crippen molar-refractivity contribution in [2.24, 2.45) is 0 Å². The van der Waals surface area contributed by atoms with Crippen molar-refractivity contribution in [3.63, 3.8) is 0 Å². The minimum atomic E-state index is -0.588. The largest absolute Gasteiger partial charge is 0.494 e. The quantitative estimate of drug-likeness (QED) is 0.414. The van der Waals surface area contributed by atoms with Gasteiger partial charge in [-0.3, -0.25) is 4.79 Å². The van der Waals surface area contributed by atoms with E-state index in [0.717, 1.165) is 15.2 Å². The monoisotopic (exact) mass is 385 g/mol. The smallest absolute Gasteiger partial charge is 0.332 e. The van der Waals surface area contributed by atoms with Gasteiger partial charge in [-0.05, 0) is 43.3 Å². The molecular formula is C20H19NO5S. The number of hydrogen-bond acceptors (Lipinski definition) is 7. The highest BCUT2D eigenvalue weighted by atomic mass is 32.1. The van der Waals surface area contributed by atoms with Gasteiger partial charge in [0.05, 0.1) is 23.4 Å². The van der Waals surface area contributed by atoms with E-state index in [2.05, 4.69) is 4.98 Å². The third kappa shape index (κ3) is 5.35. The molecule has 0 fully saturated rings. The van der Waals surface area contributed by atoms with E-state index in [1.54, 1.807) is 24.3 Å². The van der Waals surface area contributed by atoms with Crippen LogP contribution < -0.4 is 4.74 Å². The Morgan fingerprint density at radius 3 is 2.56 bits per heavy atom. The first-order valence-corrected chi connectivity index (χ1v) is 9.31. The van der Waals surface area contributed by atoms with E-state index in [1.807, 2.05) is 31.2 Å². The number of esters is 1. The molecule has 0 radical (unpaired) electrons. The van der Waals surface area contributed by atoms with Crippen molar-refractivity contribution in [2.75, 3.05) is 19.8 Å². The van der Waals surface area contributed by atoms with Gasteiger partial charge in [0.15, 0.2) is 12.4 Å². The van der Waals surface area contributed by atoms with E-state index in [-0.39, 0.29) is 25.6 Å². The zero-order chi connectivity index (χ0) is 19.1. The maximum atomic E-state index is 12.0.